The summed E-state index contributed by atoms with van der Waals surface area (Å²) in [7, 11) is 1.79. The second-order valence-electron chi connectivity index (χ2n) is 9.94. The molecule has 0 radical (unpaired) electrons. The number of anilines is 2. The van der Waals surface area contributed by atoms with Crippen molar-refractivity contribution >= 4 is 30.5 Å². The molecule has 0 aliphatic carbocycles. The topological polar surface area (TPSA) is 65.3 Å². The smallest absolute Gasteiger partial charge is 0.129 e. The molecule has 2 aromatic heterocycles. The molecule has 0 saturated heterocycles. The third-order valence-corrected chi connectivity index (χ3v) is 6.54. The van der Waals surface area contributed by atoms with Crippen LogP contribution in [-0.2, 0) is 0 Å². The number of hydrogen-bond donors (Lipinski definition) is 0. The van der Waals surface area contributed by atoms with Crippen LogP contribution >= 0.6 is 0 Å². The average molecular weight is 500 g/mol. The maximum Gasteiger partial charge on any atom is 0.129 e. The molecule has 0 N–H and O–H groups in total. The zero-order chi connectivity index (χ0) is 25.9. The third-order valence-electron chi connectivity index (χ3n) is 5.61. The highest BCUT2D eigenvalue weighted by molar-refractivity contribution is 6.83. The minimum absolute atomic E-state index is 0.282. The van der Waals surface area contributed by atoms with Crippen molar-refractivity contribution in [2.24, 2.45) is 0 Å². The predicted molar refractivity (Wildman–Crippen MR) is 149 cm³/mol. The van der Waals surface area contributed by atoms with Gasteiger partial charge in [0.1, 0.15) is 19.6 Å². The first kappa shape index (κ1) is 25.3. The molecule has 4 rings (SSSR count). The monoisotopic (exact) mass is 499 g/mol. The SMILES string of the molecule is COc1cc(OC)cc(N(CC#C[Si](C)(C)C)c2ccc3ncc(-c4cnn(C(C)C)c4)nc3c2)c1. The number of methoxy groups -OCH3 is 2. The van der Waals surface area contributed by atoms with Crippen LogP contribution in [0.25, 0.3) is 22.3 Å². The van der Waals surface area contributed by atoms with Crippen LogP contribution < -0.4 is 14.4 Å². The van der Waals surface area contributed by atoms with E-state index in [2.05, 4.69) is 72.1 Å². The lowest BCUT2D eigenvalue weighted by Gasteiger charge is -2.24. The fraction of sp³-hybridized carbons (Fsp3) is 0.321. The normalized spacial score (nSPS) is 11.3. The van der Waals surface area contributed by atoms with Crippen LogP contribution in [-0.4, -0.2) is 48.6 Å². The summed E-state index contributed by atoms with van der Waals surface area (Å²) in [5.74, 6) is 4.84. The molecule has 0 unspecified atom stereocenters. The van der Waals surface area contributed by atoms with Crippen molar-refractivity contribution < 1.29 is 9.47 Å². The van der Waals surface area contributed by atoms with E-state index in [1.165, 1.54) is 0 Å². The molecule has 0 aliphatic heterocycles. The lowest BCUT2D eigenvalue weighted by atomic mass is 10.2. The Morgan fingerprint density at radius 1 is 0.944 bits per heavy atom. The zero-order valence-electron chi connectivity index (χ0n) is 22.0. The van der Waals surface area contributed by atoms with Crippen LogP contribution in [0.2, 0.25) is 19.6 Å². The van der Waals surface area contributed by atoms with E-state index in [1.54, 1.807) is 20.4 Å². The first-order chi connectivity index (χ1) is 17.2. The van der Waals surface area contributed by atoms with Gasteiger partial charge in [0.25, 0.3) is 0 Å². The number of fused-ring (bicyclic) bond motifs is 1. The summed E-state index contributed by atoms with van der Waals surface area (Å²) >= 11 is 0. The van der Waals surface area contributed by atoms with E-state index in [9.17, 15) is 0 Å². The minimum atomic E-state index is -1.52. The summed E-state index contributed by atoms with van der Waals surface area (Å²) in [4.78, 5) is 11.7. The van der Waals surface area contributed by atoms with E-state index >= 15 is 0 Å². The van der Waals surface area contributed by atoms with Crippen LogP contribution in [0.3, 0.4) is 0 Å². The predicted octanol–water partition coefficient (Wildman–Crippen LogP) is 6.11. The first-order valence-corrected chi connectivity index (χ1v) is 15.5. The number of rotatable bonds is 7. The Morgan fingerprint density at radius 3 is 2.28 bits per heavy atom. The highest BCUT2D eigenvalue weighted by atomic mass is 28.3. The van der Waals surface area contributed by atoms with E-state index in [-0.39, 0.29) is 6.04 Å². The summed E-state index contributed by atoms with van der Waals surface area (Å²) < 4.78 is 13.0. The fourth-order valence-corrected chi connectivity index (χ4v) is 4.33. The lowest BCUT2D eigenvalue weighted by Crippen LogP contribution is -2.20. The fourth-order valence-electron chi connectivity index (χ4n) is 3.72. The number of ether oxygens (including phenoxy) is 2. The molecule has 7 nitrogen and oxygen atoms in total. The number of aromatic nitrogens is 4. The van der Waals surface area contributed by atoms with Gasteiger partial charge in [-0.1, -0.05) is 25.6 Å². The highest BCUT2D eigenvalue weighted by Crippen LogP contribution is 2.34. The van der Waals surface area contributed by atoms with E-state index < -0.39 is 8.07 Å². The molecule has 0 atom stereocenters. The van der Waals surface area contributed by atoms with E-state index in [0.29, 0.717) is 6.54 Å². The summed E-state index contributed by atoms with van der Waals surface area (Å²) in [6.07, 6.45) is 5.64. The number of nitrogens with zero attached hydrogens (tertiary/aromatic N) is 5. The zero-order valence-corrected chi connectivity index (χ0v) is 23.0. The molecule has 4 aromatic rings. The van der Waals surface area contributed by atoms with Gasteiger partial charge in [-0.05, 0) is 32.0 Å². The Kier molecular flexibility index (Phi) is 7.31. The maximum atomic E-state index is 5.53. The van der Waals surface area contributed by atoms with E-state index in [0.717, 1.165) is 45.2 Å². The third kappa shape index (κ3) is 5.86. The molecule has 0 amide bonds. The molecule has 2 heterocycles. The van der Waals surface area contributed by atoms with Crippen molar-refractivity contribution in [3.8, 4) is 34.2 Å². The lowest BCUT2D eigenvalue weighted by molar-refractivity contribution is 0.394. The van der Waals surface area contributed by atoms with Gasteiger partial charge in [0.2, 0.25) is 0 Å². The molecule has 0 bridgehead atoms. The van der Waals surface area contributed by atoms with Crippen molar-refractivity contribution in [1.29, 1.82) is 0 Å². The molecule has 36 heavy (non-hydrogen) atoms. The second kappa shape index (κ2) is 10.4. The number of hydrogen-bond acceptors (Lipinski definition) is 6. The van der Waals surface area contributed by atoms with Gasteiger partial charge in [0.15, 0.2) is 0 Å². The van der Waals surface area contributed by atoms with E-state index in [1.807, 2.05) is 41.3 Å². The average Bonchev–Trinajstić information content (AvgIpc) is 3.36. The van der Waals surface area contributed by atoms with Crippen molar-refractivity contribution in [3.05, 3.63) is 55.0 Å². The van der Waals surface area contributed by atoms with Crippen LogP contribution in [0.5, 0.6) is 11.5 Å². The quantitative estimate of drug-likeness (QED) is 0.226. The van der Waals surface area contributed by atoms with Gasteiger partial charge < -0.3 is 14.4 Å². The first-order valence-electron chi connectivity index (χ1n) is 12.0. The van der Waals surface area contributed by atoms with Gasteiger partial charge in [-0.2, -0.15) is 5.10 Å². The Balaban J connectivity index is 1.79. The van der Waals surface area contributed by atoms with Gasteiger partial charge in [-0.15, -0.1) is 5.54 Å². The minimum Gasteiger partial charge on any atom is -0.497 e. The van der Waals surface area contributed by atoms with Gasteiger partial charge in [0.05, 0.1) is 49.9 Å². The summed E-state index contributed by atoms with van der Waals surface area (Å²) in [5.41, 5.74) is 8.74. The molecule has 0 aliphatic rings. The van der Waals surface area contributed by atoms with Gasteiger partial charge >= 0.3 is 0 Å². The molecule has 8 heteroatoms. The molecule has 186 valence electrons. The van der Waals surface area contributed by atoms with Crippen LogP contribution in [0.1, 0.15) is 19.9 Å². The van der Waals surface area contributed by atoms with Crippen LogP contribution in [0.4, 0.5) is 11.4 Å². The van der Waals surface area contributed by atoms with Gasteiger partial charge in [0, 0.05) is 47.4 Å². The molecule has 0 spiro atoms. The Hall–Kier alpha value is -3.83. The number of benzene rings is 2. The largest absolute Gasteiger partial charge is 0.497 e. The Labute approximate surface area is 214 Å². The Bertz CT molecular complexity index is 1410. The van der Waals surface area contributed by atoms with Crippen LogP contribution in [0, 0.1) is 11.5 Å². The second-order valence-corrected chi connectivity index (χ2v) is 14.7. The molecular formula is C28H33N5O2Si. The van der Waals surface area contributed by atoms with Gasteiger partial charge in [-0.25, -0.2) is 4.98 Å². The van der Waals surface area contributed by atoms with Gasteiger partial charge in [-0.3, -0.25) is 9.67 Å². The van der Waals surface area contributed by atoms with Crippen molar-refractivity contribution in [3.63, 3.8) is 0 Å². The molecule has 0 saturated carbocycles. The molecule has 0 fully saturated rings. The summed E-state index contributed by atoms with van der Waals surface area (Å²) in [5, 5.41) is 4.45. The maximum absolute atomic E-state index is 5.53. The van der Waals surface area contributed by atoms with Crippen molar-refractivity contribution in [1.82, 2.24) is 19.7 Å². The Morgan fingerprint density at radius 2 is 1.67 bits per heavy atom. The molecular weight excluding hydrogens is 466 g/mol. The van der Waals surface area contributed by atoms with Crippen LogP contribution in [0.15, 0.2) is 55.0 Å². The summed E-state index contributed by atoms with van der Waals surface area (Å²) in [6.45, 7) is 11.5. The summed E-state index contributed by atoms with van der Waals surface area (Å²) in [6, 6.07) is 12.2. The van der Waals surface area contributed by atoms with Crippen molar-refractivity contribution in [2.45, 2.75) is 39.5 Å². The standard InChI is InChI=1S/C28H33N5O2Si/c1-20(2)33-19-21(17-30-33)28-18-29-26-10-9-22(15-27(26)31-28)32(11-8-12-36(5,6)7)23-13-24(34-3)16-25(14-23)35-4/h9-10,13-20H,11H2,1-7H3. The molecule has 2 aromatic carbocycles. The van der Waals surface area contributed by atoms with Crippen molar-refractivity contribution in [2.75, 3.05) is 25.7 Å². The van der Waals surface area contributed by atoms with E-state index in [4.69, 9.17) is 14.5 Å². The highest BCUT2D eigenvalue weighted by Gasteiger charge is 2.15.